The summed E-state index contributed by atoms with van der Waals surface area (Å²) >= 11 is 0. The average molecular weight is 273 g/mol. The van der Waals surface area contributed by atoms with Gasteiger partial charge in [-0.25, -0.2) is 4.98 Å². The van der Waals surface area contributed by atoms with E-state index in [-0.39, 0.29) is 11.9 Å². The first-order valence-electron chi connectivity index (χ1n) is 7.27. The fourth-order valence-corrected chi connectivity index (χ4v) is 2.27. The van der Waals surface area contributed by atoms with Gasteiger partial charge in [-0.2, -0.15) is 0 Å². The number of carbonyl (C=O) groups excluding carboxylic acids is 1. The highest BCUT2D eigenvalue weighted by Crippen LogP contribution is 2.21. The van der Waals surface area contributed by atoms with Gasteiger partial charge < -0.3 is 9.88 Å². The third-order valence-corrected chi connectivity index (χ3v) is 3.52. The minimum atomic E-state index is 0.0457. The molecular weight excluding hydrogens is 250 g/mol. The Morgan fingerprint density at radius 3 is 2.65 bits per heavy atom. The van der Waals surface area contributed by atoms with Crippen LogP contribution in [-0.2, 0) is 11.3 Å². The summed E-state index contributed by atoms with van der Waals surface area (Å²) in [5, 5.41) is 3.01. The average Bonchev–Trinajstić information content (AvgIpc) is 2.78. The second kappa shape index (κ2) is 6.07. The van der Waals surface area contributed by atoms with Gasteiger partial charge in [0.2, 0.25) is 5.91 Å². The summed E-state index contributed by atoms with van der Waals surface area (Å²) in [7, 11) is 0. The van der Waals surface area contributed by atoms with E-state index in [1.54, 1.807) is 0 Å². The van der Waals surface area contributed by atoms with Crippen LogP contribution in [-0.4, -0.2) is 21.5 Å². The number of nitrogens with zero attached hydrogens (tertiary/aromatic N) is 2. The van der Waals surface area contributed by atoms with Crippen molar-refractivity contribution in [2.24, 2.45) is 0 Å². The van der Waals surface area contributed by atoms with E-state index in [1.807, 2.05) is 35.8 Å². The lowest BCUT2D eigenvalue weighted by Gasteiger charge is -2.14. The van der Waals surface area contributed by atoms with Gasteiger partial charge in [-0.1, -0.05) is 32.9 Å². The van der Waals surface area contributed by atoms with Gasteiger partial charge >= 0.3 is 0 Å². The molecule has 0 spiro atoms. The van der Waals surface area contributed by atoms with Gasteiger partial charge in [-0.05, 0) is 25.5 Å². The fourth-order valence-electron chi connectivity index (χ4n) is 2.27. The summed E-state index contributed by atoms with van der Waals surface area (Å²) in [6, 6.07) is 8.18. The molecule has 0 saturated heterocycles. The van der Waals surface area contributed by atoms with E-state index in [4.69, 9.17) is 0 Å². The van der Waals surface area contributed by atoms with Crippen LogP contribution in [0.3, 0.4) is 0 Å². The smallest absolute Gasteiger partial charge is 0.240 e. The summed E-state index contributed by atoms with van der Waals surface area (Å²) < 4.78 is 2.03. The quantitative estimate of drug-likeness (QED) is 0.910. The van der Waals surface area contributed by atoms with Crippen molar-refractivity contribution in [3.63, 3.8) is 0 Å². The first kappa shape index (κ1) is 14.6. The number of hydrogen-bond acceptors (Lipinski definition) is 2. The topological polar surface area (TPSA) is 46.9 Å². The highest BCUT2D eigenvalue weighted by Gasteiger charge is 2.16. The lowest BCUT2D eigenvalue weighted by Crippen LogP contribution is -2.35. The van der Waals surface area contributed by atoms with Crippen molar-refractivity contribution < 1.29 is 4.79 Å². The second-order valence-corrected chi connectivity index (χ2v) is 5.58. The van der Waals surface area contributed by atoms with Crippen LogP contribution >= 0.6 is 0 Å². The van der Waals surface area contributed by atoms with Crippen molar-refractivity contribution in [3.05, 3.63) is 30.1 Å². The minimum Gasteiger partial charge on any atom is -0.352 e. The molecule has 1 aromatic carbocycles. The predicted molar refractivity (Wildman–Crippen MR) is 81.7 cm³/mol. The second-order valence-electron chi connectivity index (χ2n) is 5.58. The van der Waals surface area contributed by atoms with Crippen LogP contribution in [0.25, 0.3) is 11.0 Å². The third-order valence-electron chi connectivity index (χ3n) is 3.52. The van der Waals surface area contributed by atoms with Crippen LogP contribution in [0.1, 0.15) is 45.9 Å². The Kier molecular flexibility index (Phi) is 4.42. The Morgan fingerprint density at radius 1 is 1.30 bits per heavy atom. The maximum absolute atomic E-state index is 12.1. The normalized spacial score (nSPS) is 12.8. The molecule has 4 heteroatoms. The van der Waals surface area contributed by atoms with E-state index in [2.05, 4.69) is 31.1 Å². The maximum atomic E-state index is 12.1. The highest BCUT2D eigenvalue weighted by molar-refractivity contribution is 5.81. The van der Waals surface area contributed by atoms with Crippen LogP contribution in [0.5, 0.6) is 0 Å². The summed E-state index contributed by atoms with van der Waals surface area (Å²) in [5.41, 5.74) is 1.98. The van der Waals surface area contributed by atoms with Crippen molar-refractivity contribution in [2.45, 2.75) is 52.6 Å². The van der Waals surface area contributed by atoms with Crippen molar-refractivity contribution in [1.29, 1.82) is 0 Å². The molecule has 108 valence electrons. The standard InChI is InChI=1S/C16H23N3O/c1-5-12(4)17-15(20)10-19-14-9-7-6-8-13(14)18-16(19)11(2)3/h6-9,11-12H,5,10H2,1-4H3,(H,17,20). The van der Waals surface area contributed by atoms with Crippen LogP contribution in [0.2, 0.25) is 0 Å². The van der Waals surface area contributed by atoms with Gasteiger partial charge in [0, 0.05) is 12.0 Å². The van der Waals surface area contributed by atoms with Gasteiger partial charge in [0.15, 0.2) is 0 Å². The Labute approximate surface area is 120 Å². The molecule has 0 saturated carbocycles. The van der Waals surface area contributed by atoms with E-state index < -0.39 is 0 Å². The molecular formula is C16H23N3O. The molecule has 1 amide bonds. The number of hydrogen-bond donors (Lipinski definition) is 1. The molecule has 4 nitrogen and oxygen atoms in total. The summed E-state index contributed by atoms with van der Waals surface area (Å²) in [4.78, 5) is 16.8. The fraction of sp³-hybridized carbons (Fsp3) is 0.500. The molecule has 0 aliphatic rings. The molecule has 1 heterocycles. The molecule has 0 fully saturated rings. The van der Waals surface area contributed by atoms with Crippen LogP contribution in [0.15, 0.2) is 24.3 Å². The largest absolute Gasteiger partial charge is 0.352 e. The number of para-hydroxylation sites is 2. The number of aromatic nitrogens is 2. The predicted octanol–water partition coefficient (Wildman–Crippen LogP) is 3.07. The molecule has 2 rings (SSSR count). The maximum Gasteiger partial charge on any atom is 0.240 e. The number of fused-ring (bicyclic) bond motifs is 1. The van der Waals surface area contributed by atoms with E-state index >= 15 is 0 Å². The Hall–Kier alpha value is -1.84. The zero-order valence-electron chi connectivity index (χ0n) is 12.7. The van der Waals surface area contributed by atoms with Crippen molar-refractivity contribution in [1.82, 2.24) is 14.9 Å². The number of carbonyl (C=O) groups is 1. The Balaban J connectivity index is 2.32. The lowest BCUT2D eigenvalue weighted by atomic mass is 10.2. The van der Waals surface area contributed by atoms with Crippen molar-refractivity contribution in [3.8, 4) is 0 Å². The number of amides is 1. The summed E-state index contributed by atoms with van der Waals surface area (Å²) in [5.74, 6) is 1.30. The highest BCUT2D eigenvalue weighted by atomic mass is 16.2. The van der Waals surface area contributed by atoms with Gasteiger partial charge in [0.05, 0.1) is 11.0 Å². The van der Waals surface area contributed by atoms with Gasteiger partial charge in [0.1, 0.15) is 12.4 Å². The molecule has 2 aromatic rings. The molecule has 0 bridgehead atoms. The van der Waals surface area contributed by atoms with E-state index in [9.17, 15) is 4.79 Å². The molecule has 20 heavy (non-hydrogen) atoms. The SMILES string of the molecule is CCC(C)NC(=O)Cn1c(C(C)C)nc2ccccc21. The molecule has 0 radical (unpaired) electrons. The van der Waals surface area contributed by atoms with Gasteiger partial charge in [-0.3, -0.25) is 4.79 Å². The summed E-state index contributed by atoms with van der Waals surface area (Å²) in [6.45, 7) is 8.62. The number of benzene rings is 1. The molecule has 1 N–H and O–H groups in total. The zero-order chi connectivity index (χ0) is 14.7. The molecule has 0 aliphatic heterocycles. The van der Waals surface area contributed by atoms with Crippen LogP contribution in [0, 0.1) is 0 Å². The molecule has 1 atom stereocenters. The number of imidazole rings is 1. The van der Waals surface area contributed by atoms with Gasteiger partial charge in [0.25, 0.3) is 0 Å². The van der Waals surface area contributed by atoms with Crippen LogP contribution < -0.4 is 5.32 Å². The molecule has 1 unspecified atom stereocenters. The summed E-state index contributed by atoms with van der Waals surface area (Å²) in [6.07, 6.45) is 0.938. The Morgan fingerprint density at radius 2 is 2.00 bits per heavy atom. The van der Waals surface area contributed by atoms with Crippen LogP contribution in [0.4, 0.5) is 0 Å². The first-order valence-corrected chi connectivity index (χ1v) is 7.27. The van der Waals surface area contributed by atoms with E-state index in [1.165, 1.54) is 0 Å². The van der Waals surface area contributed by atoms with Crippen molar-refractivity contribution in [2.75, 3.05) is 0 Å². The number of rotatable bonds is 5. The molecule has 1 aromatic heterocycles. The minimum absolute atomic E-state index is 0.0457. The third kappa shape index (κ3) is 3.00. The van der Waals surface area contributed by atoms with Gasteiger partial charge in [-0.15, -0.1) is 0 Å². The van der Waals surface area contributed by atoms with E-state index in [0.717, 1.165) is 23.3 Å². The first-order chi connectivity index (χ1) is 9.52. The number of nitrogens with one attached hydrogen (secondary N) is 1. The zero-order valence-corrected chi connectivity index (χ0v) is 12.7. The van der Waals surface area contributed by atoms with E-state index in [0.29, 0.717) is 12.5 Å². The lowest BCUT2D eigenvalue weighted by molar-refractivity contribution is -0.122. The Bertz CT molecular complexity index is 601. The molecule has 0 aliphatic carbocycles. The van der Waals surface area contributed by atoms with Crippen molar-refractivity contribution >= 4 is 16.9 Å². The monoisotopic (exact) mass is 273 g/mol.